The molecule has 1 aromatic carbocycles. The van der Waals surface area contributed by atoms with E-state index in [0.29, 0.717) is 5.92 Å². The van der Waals surface area contributed by atoms with Gasteiger partial charge in [-0.2, -0.15) is 4.98 Å². The van der Waals surface area contributed by atoms with Gasteiger partial charge in [0.2, 0.25) is 5.95 Å². The monoisotopic (exact) mass is 397 g/mol. The lowest BCUT2D eigenvalue weighted by Gasteiger charge is -2.28. The number of benzene rings is 1. The van der Waals surface area contributed by atoms with Crippen molar-refractivity contribution >= 4 is 22.7 Å². The van der Waals surface area contributed by atoms with Crippen molar-refractivity contribution in [2.24, 2.45) is 17.6 Å². The summed E-state index contributed by atoms with van der Waals surface area (Å²) in [4.78, 5) is 12.1. The first-order chi connectivity index (χ1) is 14.3. The normalized spacial score (nSPS) is 23.2. The van der Waals surface area contributed by atoms with Crippen LogP contribution in [0.3, 0.4) is 0 Å². The zero-order valence-corrected chi connectivity index (χ0v) is 17.4. The van der Waals surface area contributed by atoms with Crippen LogP contribution in [0, 0.1) is 11.8 Å². The van der Waals surface area contributed by atoms with E-state index in [0.717, 1.165) is 80.9 Å². The second-order valence-electron chi connectivity index (χ2n) is 8.43. The van der Waals surface area contributed by atoms with E-state index in [-0.39, 0.29) is 0 Å². The first-order valence-corrected chi connectivity index (χ1v) is 11.2. The van der Waals surface area contributed by atoms with Gasteiger partial charge in [-0.3, -0.25) is 4.90 Å². The molecule has 7 heteroatoms. The number of nitrogens with zero attached hydrogens (tertiary/aromatic N) is 3. The number of fused-ring (bicyclic) bond motifs is 1. The Bertz CT molecular complexity index is 767. The molecule has 1 saturated carbocycles. The molecule has 7 nitrogen and oxygen atoms in total. The standard InChI is InChI=1S/C22H35N7/c23-15-17-5-7-18(8-6-17)16-26-22-27-20-4-2-1-3-19(20)21(28-22)25-11-14-29-12-9-24-10-13-29/h1-4,17-18,24H,5-16,23H2,(H2,25,26,27,28). The van der Waals surface area contributed by atoms with E-state index in [1.54, 1.807) is 0 Å². The summed E-state index contributed by atoms with van der Waals surface area (Å²) >= 11 is 0. The Morgan fingerprint density at radius 1 is 1.00 bits per heavy atom. The fraction of sp³-hybridized carbons (Fsp3) is 0.636. The quantitative estimate of drug-likeness (QED) is 0.542. The largest absolute Gasteiger partial charge is 0.368 e. The van der Waals surface area contributed by atoms with Gasteiger partial charge in [-0.25, -0.2) is 4.98 Å². The Hall–Kier alpha value is -1.96. The molecular formula is C22H35N7. The molecule has 0 atom stereocenters. The van der Waals surface area contributed by atoms with Crippen molar-refractivity contribution in [3.05, 3.63) is 24.3 Å². The summed E-state index contributed by atoms with van der Waals surface area (Å²) in [7, 11) is 0. The molecule has 0 bridgehead atoms. The number of hydrogen-bond donors (Lipinski definition) is 4. The molecule has 0 spiro atoms. The van der Waals surface area contributed by atoms with E-state index >= 15 is 0 Å². The Balaban J connectivity index is 1.37. The Kier molecular flexibility index (Phi) is 7.14. The second-order valence-corrected chi connectivity index (χ2v) is 8.43. The van der Waals surface area contributed by atoms with E-state index in [4.69, 9.17) is 15.7 Å². The molecule has 1 saturated heterocycles. The third-order valence-corrected chi connectivity index (χ3v) is 6.38. The van der Waals surface area contributed by atoms with E-state index in [1.165, 1.54) is 25.7 Å². The van der Waals surface area contributed by atoms with E-state index in [1.807, 2.05) is 6.07 Å². The highest BCUT2D eigenvalue weighted by atomic mass is 15.2. The van der Waals surface area contributed by atoms with Crippen LogP contribution in [0.25, 0.3) is 10.9 Å². The van der Waals surface area contributed by atoms with Crippen molar-refractivity contribution < 1.29 is 0 Å². The number of aromatic nitrogens is 2. The summed E-state index contributed by atoms with van der Waals surface area (Å²) in [6.07, 6.45) is 5.00. The molecule has 1 aliphatic carbocycles. The highest BCUT2D eigenvalue weighted by Gasteiger charge is 2.20. The molecule has 1 aliphatic heterocycles. The molecule has 2 aliphatic rings. The molecule has 5 N–H and O–H groups in total. The number of nitrogens with two attached hydrogens (primary N) is 1. The molecule has 0 radical (unpaired) electrons. The smallest absolute Gasteiger partial charge is 0.225 e. The predicted octanol–water partition coefficient (Wildman–Crippen LogP) is 2.12. The second kappa shape index (κ2) is 10.2. The van der Waals surface area contributed by atoms with Gasteiger partial charge in [0.25, 0.3) is 0 Å². The molecule has 0 unspecified atom stereocenters. The molecule has 158 valence electrons. The van der Waals surface area contributed by atoms with Gasteiger partial charge < -0.3 is 21.7 Å². The topological polar surface area (TPSA) is 91.1 Å². The summed E-state index contributed by atoms with van der Waals surface area (Å²) in [5.74, 6) is 3.07. The lowest BCUT2D eigenvalue weighted by Crippen LogP contribution is -2.45. The number of rotatable bonds is 8. The molecule has 0 amide bonds. The molecular weight excluding hydrogens is 362 g/mol. The van der Waals surface area contributed by atoms with Crippen LogP contribution in [0.2, 0.25) is 0 Å². The van der Waals surface area contributed by atoms with Crippen LogP contribution in [-0.2, 0) is 0 Å². The maximum atomic E-state index is 5.82. The summed E-state index contributed by atoms with van der Waals surface area (Å²) < 4.78 is 0. The highest BCUT2D eigenvalue weighted by Crippen LogP contribution is 2.28. The van der Waals surface area contributed by atoms with Gasteiger partial charge >= 0.3 is 0 Å². The predicted molar refractivity (Wildman–Crippen MR) is 120 cm³/mol. The summed E-state index contributed by atoms with van der Waals surface area (Å²) in [5, 5.41) is 11.6. The zero-order valence-electron chi connectivity index (χ0n) is 17.4. The van der Waals surface area contributed by atoms with Gasteiger partial charge in [-0.05, 0) is 56.2 Å². The number of hydrogen-bond acceptors (Lipinski definition) is 7. The minimum Gasteiger partial charge on any atom is -0.368 e. The van der Waals surface area contributed by atoms with Crippen LogP contribution >= 0.6 is 0 Å². The SMILES string of the molecule is NCC1CCC(CNc2nc(NCCN3CCNCC3)c3ccccc3n2)CC1. The highest BCUT2D eigenvalue weighted by molar-refractivity contribution is 5.90. The average Bonchev–Trinajstić information content (AvgIpc) is 2.79. The van der Waals surface area contributed by atoms with Crippen LogP contribution in [0.1, 0.15) is 25.7 Å². The van der Waals surface area contributed by atoms with Crippen LogP contribution in [0.15, 0.2) is 24.3 Å². The van der Waals surface area contributed by atoms with Crippen LogP contribution in [-0.4, -0.2) is 67.2 Å². The molecule has 2 fully saturated rings. The summed E-state index contributed by atoms with van der Waals surface area (Å²) in [6, 6.07) is 8.25. The lowest BCUT2D eigenvalue weighted by molar-refractivity contribution is 0.249. The van der Waals surface area contributed by atoms with Gasteiger partial charge in [0.1, 0.15) is 5.82 Å². The molecule has 1 aromatic heterocycles. The van der Waals surface area contributed by atoms with Crippen LogP contribution < -0.4 is 21.7 Å². The fourth-order valence-corrected chi connectivity index (χ4v) is 4.46. The van der Waals surface area contributed by atoms with Crippen molar-refractivity contribution in [3.63, 3.8) is 0 Å². The van der Waals surface area contributed by atoms with Gasteiger partial charge in [-0.15, -0.1) is 0 Å². The molecule has 2 aromatic rings. The number of piperazine rings is 1. The van der Waals surface area contributed by atoms with Gasteiger partial charge in [-0.1, -0.05) is 12.1 Å². The number of nitrogens with one attached hydrogen (secondary N) is 3. The van der Waals surface area contributed by atoms with Gasteiger partial charge in [0, 0.05) is 51.2 Å². The first kappa shape index (κ1) is 20.3. The van der Waals surface area contributed by atoms with Crippen molar-refractivity contribution in [3.8, 4) is 0 Å². The van der Waals surface area contributed by atoms with Crippen molar-refractivity contribution in [1.29, 1.82) is 0 Å². The molecule has 4 rings (SSSR count). The van der Waals surface area contributed by atoms with Crippen molar-refractivity contribution in [2.75, 3.05) is 63.0 Å². The molecule has 2 heterocycles. The maximum Gasteiger partial charge on any atom is 0.225 e. The fourth-order valence-electron chi connectivity index (χ4n) is 4.46. The summed E-state index contributed by atoms with van der Waals surface area (Å²) in [5.41, 5.74) is 6.81. The maximum absolute atomic E-state index is 5.82. The van der Waals surface area contributed by atoms with E-state index < -0.39 is 0 Å². The third-order valence-electron chi connectivity index (χ3n) is 6.38. The number of para-hydroxylation sites is 1. The Morgan fingerprint density at radius 2 is 1.76 bits per heavy atom. The van der Waals surface area contributed by atoms with Crippen molar-refractivity contribution in [1.82, 2.24) is 20.2 Å². The van der Waals surface area contributed by atoms with E-state index in [9.17, 15) is 0 Å². The Morgan fingerprint density at radius 3 is 2.55 bits per heavy atom. The van der Waals surface area contributed by atoms with Crippen molar-refractivity contribution in [2.45, 2.75) is 25.7 Å². The van der Waals surface area contributed by atoms with Gasteiger partial charge in [0.05, 0.1) is 5.52 Å². The lowest BCUT2D eigenvalue weighted by atomic mass is 9.82. The van der Waals surface area contributed by atoms with Gasteiger partial charge in [0.15, 0.2) is 0 Å². The van der Waals surface area contributed by atoms with E-state index in [2.05, 4.69) is 39.0 Å². The zero-order chi connectivity index (χ0) is 19.9. The minimum absolute atomic E-state index is 0.692. The average molecular weight is 398 g/mol. The number of anilines is 2. The van der Waals surface area contributed by atoms with Crippen LogP contribution in [0.4, 0.5) is 11.8 Å². The third kappa shape index (κ3) is 5.56. The summed E-state index contributed by atoms with van der Waals surface area (Å²) in [6.45, 7) is 8.09. The molecule has 29 heavy (non-hydrogen) atoms. The minimum atomic E-state index is 0.692. The Labute approximate surface area is 173 Å². The van der Waals surface area contributed by atoms with Crippen LogP contribution in [0.5, 0.6) is 0 Å². The first-order valence-electron chi connectivity index (χ1n) is 11.2.